The van der Waals surface area contributed by atoms with E-state index < -0.39 is 5.92 Å². The maximum Gasteiger partial charge on any atom is 0.274 e. The monoisotopic (exact) mass is 582 g/mol. The lowest BCUT2D eigenvalue weighted by Gasteiger charge is -2.25. The number of nitrogens with zero attached hydrogens (tertiary/aromatic N) is 3. The molecule has 0 amide bonds. The third-order valence-electron chi connectivity index (χ3n) is 8.58. The zero-order valence-electron chi connectivity index (χ0n) is 23.3. The molecule has 1 atom stereocenters. The third kappa shape index (κ3) is 3.66. The lowest BCUT2D eigenvalue weighted by molar-refractivity contribution is 0.913. The summed E-state index contributed by atoms with van der Waals surface area (Å²) >= 11 is 1.24. The molecule has 1 aliphatic heterocycles. The van der Waals surface area contributed by atoms with Crippen LogP contribution in [0.3, 0.4) is 0 Å². The lowest BCUT2D eigenvalue weighted by atomic mass is 9.79. The Balaban J connectivity index is 1.50. The molecule has 8 rings (SSSR count). The maximum atomic E-state index is 14.1. The molecule has 0 aliphatic carbocycles. The van der Waals surface area contributed by atoms with Crippen LogP contribution in [-0.4, -0.2) is 4.57 Å². The van der Waals surface area contributed by atoms with Gasteiger partial charge in [-0.2, -0.15) is 10.5 Å². The molecule has 0 saturated heterocycles. The molecule has 0 bridgehead atoms. The predicted molar refractivity (Wildman–Crippen MR) is 179 cm³/mol. The van der Waals surface area contributed by atoms with Gasteiger partial charge in [0.05, 0.1) is 33.7 Å². The van der Waals surface area contributed by atoms with Gasteiger partial charge in [-0.1, -0.05) is 97.1 Å². The van der Waals surface area contributed by atoms with Gasteiger partial charge in [0.25, 0.3) is 5.56 Å². The van der Waals surface area contributed by atoms with Crippen molar-refractivity contribution in [2.24, 2.45) is 5.73 Å². The Morgan fingerprint density at radius 2 is 1.14 bits per heavy atom. The van der Waals surface area contributed by atoms with E-state index in [9.17, 15) is 15.3 Å². The number of nitriles is 2. The van der Waals surface area contributed by atoms with E-state index in [1.54, 1.807) is 0 Å². The molecule has 2 heterocycles. The number of hydrogen-bond acceptors (Lipinski definition) is 5. The molecule has 1 unspecified atom stereocenters. The Bertz CT molecular complexity index is 2570. The highest BCUT2D eigenvalue weighted by atomic mass is 32.1. The molecule has 2 N–H and O–H groups in total. The van der Waals surface area contributed by atoms with Gasteiger partial charge in [0, 0.05) is 0 Å². The maximum absolute atomic E-state index is 14.1. The molecule has 206 valence electrons. The number of thiazole rings is 1. The van der Waals surface area contributed by atoms with Crippen LogP contribution < -0.4 is 20.5 Å². The van der Waals surface area contributed by atoms with Crippen LogP contribution in [-0.2, 0) is 0 Å². The highest BCUT2D eigenvalue weighted by Crippen LogP contribution is 2.43. The molecule has 44 heavy (non-hydrogen) atoms. The largest absolute Gasteiger partial charge is 0.384 e. The number of rotatable bonds is 2. The molecule has 6 heteroatoms. The molecular weight excluding hydrogens is 561 g/mol. The SMILES string of the molecule is N#CC1=C(N)n2c(sc(=Cc3c4ccccc4cc4ccccc34)c2=O)=C(C#N)C1c1c2ccccc2cc2ccccc12. The van der Waals surface area contributed by atoms with E-state index in [1.165, 1.54) is 15.9 Å². The van der Waals surface area contributed by atoms with Crippen LogP contribution in [0.15, 0.2) is 120 Å². The topological polar surface area (TPSA) is 95.6 Å². The van der Waals surface area contributed by atoms with Gasteiger partial charge in [-0.05, 0) is 72.4 Å². The van der Waals surface area contributed by atoms with Crippen molar-refractivity contribution in [1.29, 1.82) is 10.5 Å². The smallest absolute Gasteiger partial charge is 0.274 e. The first-order valence-corrected chi connectivity index (χ1v) is 15.0. The second-order valence-electron chi connectivity index (χ2n) is 10.9. The minimum Gasteiger partial charge on any atom is -0.384 e. The quantitative estimate of drug-likeness (QED) is 0.236. The van der Waals surface area contributed by atoms with Crippen LogP contribution in [0.1, 0.15) is 17.0 Å². The molecule has 0 saturated carbocycles. The van der Waals surface area contributed by atoms with Crippen molar-refractivity contribution in [3.8, 4) is 12.1 Å². The van der Waals surface area contributed by atoms with Crippen molar-refractivity contribution in [2.45, 2.75) is 5.92 Å². The minimum atomic E-state index is -0.731. The molecule has 5 nitrogen and oxygen atoms in total. The molecule has 6 aromatic carbocycles. The van der Waals surface area contributed by atoms with Crippen LogP contribution >= 0.6 is 11.3 Å². The minimum absolute atomic E-state index is 0.0622. The number of allylic oxidation sites excluding steroid dienone is 1. The standard InChI is InChI=1S/C38H22N4OS/c39-20-31-35(34-28-15-7-3-11-24(28)18-25-12-4-8-16-29(25)34)32(21-40)38-42(36(31)41)37(43)33(44-38)19-30-26-13-5-1-9-22(26)17-23-10-2-6-14-27(23)30/h1-19,35H,41H2. The highest BCUT2D eigenvalue weighted by molar-refractivity contribution is 7.07. The fraction of sp³-hybridized carbons (Fsp3) is 0.0263. The summed E-state index contributed by atoms with van der Waals surface area (Å²) < 4.78 is 2.25. The molecule has 0 spiro atoms. The fourth-order valence-corrected chi connectivity index (χ4v) is 7.75. The Kier molecular flexibility index (Phi) is 5.74. The van der Waals surface area contributed by atoms with Crippen molar-refractivity contribution in [1.82, 2.24) is 4.57 Å². The summed E-state index contributed by atoms with van der Waals surface area (Å²) in [6.45, 7) is 0. The average molecular weight is 583 g/mol. The van der Waals surface area contributed by atoms with E-state index in [0.717, 1.165) is 54.2 Å². The zero-order valence-corrected chi connectivity index (χ0v) is 24.1. The van der Waals surface area contributed by atoms with Gasteiger partial charge >= 0.3 is 0 Å². The second kappa shape index (κ2) is 9.81. The van der Waals surface area contributed by atoms with E-state index in [2.05, 4.69) is 48.5 Å². The Labute approximate surface area is 255 Å². The first-order valence-electron chi connectivity index (χ1n) is 14.2. The fourth-order valence-electron chi connectivity index (χ4n) is 6.64. The van der Waals surface area contributed by atoms with Gasteiger partial charge in [0.15, 0.2) is 0 Å². The van der Waals surface area contributed by atoms with Crippen LogP contribution in [0.2, 0.25) is 0 Å². The first-order chi connectivity index (χ1) is 21.6. The lowest BCUT2D eigenvalue weighted by Crippen LogP contribution is -2.38. The van der Waals surface area contributed by atoms with Gasteiger partial charge < -0.3 is 5.73 Å². The third-order valence-corrected chi connectivity index (χ3v) is 9.69. The highest BCUT2D eigenvalue weighted by Gasteiger charge is 2.34. The van der Waals surface area contributed by atoms with Gasteiger partial charge in [0.2, 0.25) is 0 Å². The predicted octanol–water partition coefficient (Wildman–Crippen LogP) is 6.47. The number of benzene rings is 6. The normalized spacial score (nSPS) is 15.2. The van der Waals surface area contributed by atoms with Crippen LogP contribution in [0.5, 0.6) is 0 Å². The van der Waals surface area contributed by atoms with Gasteiger partial charge in [0.1, 0.15) is 10.5 Å². The van der Waals surface area contributed by atoms with Crippen LogP contribution in [0.25, 0.3) is 60.6 Å². The summed E-state index contributed by atoms with van der Waals surface area (Å²) in [5, 5.41) is 29.3. The van der Waals surface area contributed by atoms with E-state index >= 15 is 0 Å². The Morgan fingerprint density at radius 3 is 1.64 bits per heavy atom. The number of aromatic nitrogens is 1. The summed E-state index contributed by atoms with van der Waals surface area (Å²) in [5.74, 6) is -0.669. The Hall–Kier alpha value is -5.95. The zero-order chi connectivity index (χ0) is 29.9. The molecular formula is C38H22N4OS. The van der Waals surface area contributed by atoms with Crippen molar-refractivity contribution in [3.05, 3.63) is 145 Å². The van der Waals surface area contributed by atoms with Crippen LogP contribution in [0.4, 0.5) is 0 Å². The average Bonchev–Trinajstić information content (AvgIpc) is 3.38. The summed E-state index contributed by atoms with van der Waals surface area (Å²) in [7, 11) is 0. The van der Waals surface area contributed by atoms with E-state index in [4.69, 9.17) is 5.73 Å². The molecule has 7 aromatic rings. The summed E-state index contributed by atoms with van der Waals surface area (Å²) in [6.07, 6.45) is 1.90. The van der Waals surface area contributed by atoms with E-state index in [-0.39, 0.29) is 17.0 Å². The number of fused-ring (bicyclic) bond motifs is 5. The van der Waals surface area contributed by atoms with Crippen molar-refractivity contribution in [3.63, 3.8) is 0 Å². The molecule has 0 radical (unpaired) electrons. The van der Waals surface area contributed by atoms with Gasteiger partial charge in [-0.3, -0.25) is 9.36 Å². The Morgan fingerprint density at radius 1 is 0.682 bits per heavy atom. The molecule has 1 aromatic heterocycles. The van der Waals surface area contributed by atoms with Crippen LogP contribution in [0, 0.1) is 22.7 Å². The van der Waals surface area contributed by atoms with E-state index in [1.807, 2.05) is 78.9 Å². The van der Waals surface area contributed by atoms with E-state index in [0.29, 0.717) is 14.8 Å². The number of hydrogen-bond donors (Lipinski definition) is 1. The first kappa shape index (κ1) is 25.7. The summed E-state index contributed by atoms with van der Waals surface area (Å²) in [5.41, 5.74) is 8.66. The summed E-state index contributed by atoms with van der Waals surface area (Å²) in [6, 6.07) is 41.1. The second-order valence-corrected chi connectivity index (χ2v) is 11.9. The molecule has 0 fully saturated rings. The summed E-state index contributed by atoms with van der Waals surface area (Å²) in [4.78, 5) is 14.1. The number of nitrogens with two attached hydrogens (primary N) is 1. The van der Waals surface area contributed by atoms with Crippen molar-refractivity contribution >= 4 is 71.9 Å². The van der Waals surface area contributed by atoms with Crippen molar-refractivity contribution in [2.75, 3.05) is 0 Å². The van der Waals surface area contributed by atoms with Crippen molar-refractivity contribution < 1.29 is 0 Å². The van der Waals surface area contributed by atoms with Gasteiger partial charge in [-0.25, -0.2) is 0 Å². The van der Waals surface area contributed by atoms with Gasteiger partial charge in [-0.15, -0.1) is 11.3 Å². The molecule has 1 aliphatic rings.